The van der Waals surface area contributed by atoms with Crippen LogP contribution in [0.25, 0.3) is 11.2 Å². The molecule has 0 aliphatic rings. The topological polar surface area (TPSA) is 68.3 Å². The molecule has 5 heteroatoms. The highest BCUT2D eigenvalue weighted by Crippen LogP contribution is 2.09. The van der Waals surface area contributed by atoms with Crippen molar-refractivity contribution < 1.29 is 9.52 Å². The first-order valence-corrected chi connectivity index (χ1v) is 5.31. The second-order valence-electron chi connectivity index (χ2n) is 3.84. The molecule has 2 rings (SSSR count). The van der Waals surface area contributed by atoms with E-state index in [0.717, 1.165) is 6.42 Å². The lowest BCUT2D eigenvalue weighted by atomic mass is 10.2. The molecule has 0 aromatic carbocycles. The minimum absolute atomic E-state index is 0.346. The molecule has 16 heavy (non-hydrogen) atoms. The summed E-state index contributed by atoms with van der Waals surface area (Å²) in [6.45, 7) is 2.25. The molecule has 1 N–H and O–H groups in total. The van der Waals surface area contributed by atoms with Crippen LogP contribution in [-0.2, 0) is 6.54 Å². The van der Waals surface area contributed by atoms with Crippen molar-refractivity contribution in [3.05, 3.63) is 28.9 Å². The van der Waals surface area contributed by atoms with Crippen LogP contribution in [0.5, 0.6) is 0 Å². The Labute approximate surface area is 92.3 Å². The number of pyridine rings is 1. The third-order valence-electron chi connectivity index (χ3n) is 2.43. The molecule has 0 aliphatic carbocycles. The number of fused-ring (bicyclic) bond motifs is 1. The number of oxazole rings is 1. The normalized spacial score (nSPS) is 13.1. The van der Waals surface area contributed by atoms with Crippen LogP contribution < -0.4 is 5.76 Å². The fourth-order valence-corrected chi connectivity index (χ4v) is 1.64. The molecular formula is C11H14N2O3. The first-order valence-electron chi connectivity index (χ1n) is 5.31. The van der Waals surface area contributed by atoms with Crippen LogP contribution in [0.1, 0.15) is 19.8 Å². The molecule has 0 amide bonds. The molecule has 0 bridgehead atoms. The van der Waals surface area contributed by atoms with Crippen LogP contribution in [-0.4, -0.2) is 20.8 Å². The van der Waals surface area contributed by atoms with Gasteiger partial charge in [-0.25, -0.2) is 9.78 Å². The molecule has 5 nitrogen and oxygen atoms in total. The number of hydrogen-bond donors (Lipinski definition) is 1. The van der Waals surface area contributed by atoms with Gasteiger partial charge in [-0.2, -0.15) is 0 Å². The Bertz CT molecular complexity index is 527. The van der Waals surface area contributed by atoms with Gasteiger partial charge in [0.2, 0.25) is 0 Å². The smallest absolute Gasteiger partial charge is 0.406 e. The van der Waals surface area contributed by atoms with Crippen LogP contribution in [0.2, 0.25) is 0 Å². The van der Waals surface area contributed by atoms with E-state index in [-0.39, 0.29) is 11.9 Å². The number of aromatic nitrogens is 2. The summed E-state index contributed by atoms with van der Waals surface area (Å²) in [6.07, 6.45) is 2.67. The first kappa shape index (κ1) is 10.9. The lowest BCUT2D eigenvalue weighted by molar-refractivity contribution is 0.179. The van der Waals surface area contributed by atoms with Crippen LogP contribution in [0, 0.1) is 0 Å². The molecule has 1 atom stereocenters. The maximum atomic E-state index is 11.5. The van der Waals surface area contributed by atoms with Gasteiger partial charge >= 0.3 is 5.76 Å². The highest BCUT2D eigenvalue weighted by atomic mass is 16.4. The zero-order valence-electron chi connectivity index (χ0n) is 9.09. The Kier molecular flexibility index (Phi) is 3.05. The molecule has 2 heterocycles. The standard InChI is InChI=1S/C11H14N2O3/c1-8(14)4-3-7-13-10-9(16-11(13)15)5-2-6-12-10/h2,5-6,8,14H,3-4,7H2,1H3. The zero-order chi connectivity index (χ0) is 11.5. The Morgan fingerprint density at radius 1 is 1.62 bits per heavy atom. The highest BCUT2D eigenvalue weighted by molar-refractivity contribution is 5.67. The second-order valence-corrected chi connectivity index (χ2v) is 3.84. The average Bonchev–Trinajstić information content (AvgIpc) is 2.55. The summed E-state index contributed by atoms with van der Waals surface area (Å²) in [5.74, 6) is -0.390. The van der Waals surface area contributed by atoms with Crippen LogP contribution >= 0.6 is 0 Å². The molecule has 0 radical (unpaired) electrons. The fraction of sp³-hybridized carbons (Fsp3) is 0.455. The van der Waals surface area contributed by atoms with Crippen LogP contribution in [0.4, 0.5) is 0 Å². The first-order chi connectivity index (χ1) is 7.68. The SMILES string of the molecule is CC(O)CCCn1c(=O)oc2cccnc21. The van der Waals surface area contributed by atoms with Gasteiger partial charge in [-0.1, -0.05) is 0 Å². The monoisotopic (exact) mass is 222 g/mol. The lowest BCUT2D eigenvalue weighted by Crippen LogP contribution is -2.15. The van der Waals surface area contributed by atoms with E-state index in [1.807, 2.05) is 0 Å². The average molecular weight is 222 g/mol. The van der Waals surface area contributed by atoms with Gasteiger partial charge in [-0.15, -0.1) is 0 Å². The number of rotatable bonds is 4. The van der Waals surface area contributed by atoms with E-state index in [9.17, 15) is 4.79 Å². The summed E-state index contributed by atoms with van der Waals surface area (Å²) >= 11 is 0. The minimum Gasteiger partial charge on any atom is -0.406 e. The van der Waals surface area contributed by atoms with Crippen molar-refractivity contribution in [1.82, 2.24) is 9.55 Å². The van der Waals surface area contributed by atoms with Gasteiger partial charge in [-0.3, -0.25) is 4.57 Å². The molecule has 2 aromatic heterocycles. The van der Waals surface area contributed by atoms with Crippen molar-refractivity contribution in [2.75, 3.05) is 0 Å². The van der Waals surface area contributed by atoms with Gasteiger partial charge in [0.1, 0.15) is 0 Å². The van der Waals surface area contributed by atoms with Gasteiger partial charge in [0.15, 0.2) is 11.2 Å². The van der Waals surface area contributed by atoms with Gasteiger partial charge in [0, 0.05) is 12.7 Å². The maximum Gasteiger partial charge on any atom is 0.421 e. The molecule has 2 aromatic rings. The zero-order valence-corrected chi connectivity index (χ0v) is 9.09. The Morgan fingerprint density at radius 3 is 3.19 bits per heavy atom. The molecule has 0 saturated carbocycles. The third kappa shape index (κ3) is 2.14. The largest absolute Gasteiger partial charge is 0.421 e. The van der Waals surface area contributed by atoms with Gasteiger partial charge < -0.3 is 9.52 Å². The van der Waals surface area contributed by atoms with Gasteiger partial charge in [0.25, 0.3) is 0 Å². The van der Waals surface area contributed by atoms with Crippen molar-refractivity contribution in [3.8, 4) is 0 Å². The molecular weight excluding hydrogens is 208 g/mol. The summed E-state index contributed by atoms with van der Waals surface area (Å²) < 4.78 is 6.54. The quantitative estimate of drug-likeness (QED) is 0.842. The van der Waals surface area contributed by atoms with E-state index in [0.29, 0.717) is 24.2 Å². The van der Waals surface area contributed by atoms with E-state index in [4.69, 9.17) is 9.52 Å². The summed E-state index contributed by atoms with van der Waals surface area (Å²) in [6, 6.07) is 3.44. The number of aryl methyl sites for hydroxylation is 1. The van der Waals surface area contributed by atoms with E-state index < -0.39 is 0 Å². The van der Waals surface area contributed by atoms with Crippen molar-refractivity contribution in [2.24, 2.45) is 0 Å². The molecule has 0 fully saturated rings. The minimum atomic E-state index is -0.390. The molecule has 0 spiro atoms. The van der Waals surface area contributed by atoms with Crippen molar-refractivity contribution >= 4 is 11.2 Å². The van der Waals surface area contributed by atoms with E-state index in [1.165, 1.54) is 4.57 Å². The van der Waals surface area contributed by atoms with E-state index in [1.54, 1.807) is 25.3 Å². The highest BCUT2D eigenvalue weighted by Gasteiger charge is 2.09. The third-order valence-corrected chi connectivity index (χ3v) is 2.43. The van der Waals surface area contributed by atoms with Crippen molar-refractivity contribution in [2.45, 2.75) is 32.4 Å². The second kappa shape index (κ2) is 4.49. The summed E-state index contributed by atoms with van der Waals surface area (Å²) in [5, 5.41) is 9.14. The molecule has 1 unspecified atom stereocenters. The maximum absolute atomic E-state index is 11.5. The van der Waals surface area contributed by atoms with E-state index in [2.05, 4.69) is 4.98 Å². The number of nitrogens with zero attached hydrogens (tertiary/aromatic N) is 2. The fourth-order valence-electron chi connectivity index (χ4n) is 1.64. The predicted octanol–water partition coefficient (Wildman–Crippen LogP) is 1.15. The molecule has 0 aliphatic heterocycles. The number of aliphatic hydroxyl groups excluding tert-OH is 1. The Hall–Kier alpha value is -1.62. The van der Waals surface area contributed by atoms with Crippen LogP contribution in [0.3, 0.4) is 0 Å². The number of hydrogen-bond acceptors (Lipinski definition) is 4. The molecule has 86 valence electrons. The summed E-state index contributed by atoms with van der Waals surface area (Å²) in [7, 11) is 0. The van der Waals surface area contributed by atoms with Gasteiger partial charge in [-0.05, 0) is 31.9 Å². The predicted molar refractivity (Wildman–Crippen MR) is 59.2 cm³/mol. The Morgan fingerprint density at radius 2 is 2.44 bits per heavy atom. The number of aliphatic hydroxyl groups is 1. The Balaban J connectivity index is 2.23. The van der Waals surface area contributed by atoms with Crippen LogP contribution in [0.15, 0.2) is 27.5 Å². The lowest BCUT2D eigenvalue weighted by Gasteiger charge is -2.03. The summed E-state index contributed by atoms with van der Waals surface area (Å²) in [4.78, 5) is 15.6. The van der Waals surface area contributed by atoms with Crippen molar-refractivity contribution in [1.29, 1.82) is 0 Å². The summed E-state index contributed by atoms with van der Waals surface area (Å²) in [5.41, 5.74) is 1.07. The molecule has 0 saturated heterocycles. The van der Waals surface area contributed by atoms with Crippen molar-refractivity contribution in [3.63, 3.8) is 0 Å². The van der Waals surface area contributed by atoms with Gasteiger partial charge in [0.05, 0.1) is 6.10 Å². The van der Waals surface area contributed by atoms with E-state index >= 15 is 0 Å².